The molecule has 0 aromatic heterocycles. The van der Waals surface area contributed by atoms with E-state index in [2.05, 4.69) is 27.7 Å². The van der Waals surface area contributed by atoms with Crippen molar-refractivity contribution < 1.29 is 15.7 Å². The normalized spacial score (nSPS) is 11.7. The molecule has 0 aromatic carbocycles. The molecule has 0 spiro atoms. The van der Waals surface area contributed by atoms with Gasteiger partial charge < -0.3 is 0 Å². The van der Waals surface area contributed by atoms with Crippen LogP contribution in [0.5, 0.6) is 0 Å². The number of unbranched alkanes of at least 4 members (excludes halogenated alkanes) is 30. The van der Waals surface area contributed by atoms with E-state index in [4.69, 9.17) is 6.15 Å². The Kier molecular flexibility index (Phi) is 43.9. The summed E-state index contributed by atoms with van der Waals surface area (Å²) in [4.78, 5) is 26.8. The van der Waals surface area contributed by atoms with Crippen LogP contribution in [0.3, 0.4) is 0 Å². The van der Waals surface area contributed by atoms with Gasteiger partial charge in [-0.1, -0.05) is 65.2 Å². The molecule has 0 unspecified atom stereocenters. The first kappa shape index (κ1) is 53.4. The van der Waals surface area contributed by atoms with E-state index in [1.54, 1.807) is 23.5 Å². The molecule has 0 saturated heterocycles. The Morgan fingerprint density at radius 2 is 0.566 bits per heavy atom. The summed E-state index contributed by atoms with van der Waals surface area (Å²) in [6.07, 6.45) is 43.8. The van der Waals surface area contributed by atoms with Gasteiger partial charge in [0, 0.05) is 0 Å². The molecule has 7 heteroatoms. The Bertz CT molecular complexity index is 706. The number of hydrogen-bond donors (Lipinski definition) is 0. The van der Waals surface area contributed by atoms with Crippen molar-refractivity contribution in [2.45, 2.75) is 255 Å². The average molecular weight is 892 g/mol. The van der Waals surface area contributed by atoms with Crippen LogP contribution in [-0.4, -0.2) is 54.2 Å². The van der Waals surface area contributed by atoms with Crippen LogP contribution in [0.2, 0.25) is 8.87 Å². The van der Waals surface area contributed by atoms with E-state index in [1.165, 1.54) is 193 Å². The number of rotatable bonds is 44. The molecule has 316 valence electrons. The standard InChI is InChI=1S/2C15H30O2S.2C8H17.Sn/c2*1-2-3-4-5-6-7-8-9-10-11-12-13-18-14-15(16)17;2*1-3-5-7-8-6-4-2;/h2*2-14H2,1H3,(H,16,17);2*1,3-8H2,2H3;/q;;;;+2/p-2. The molecule has 0 amide bonds. The van der Waals surface area contributed by atoms with Gasteiger partial charge in [0.25, 0.3) is 0 Å². The molecular formula is C46H92O4S2Sn. The van der Waals surface area contributed by atoms with Gasteiger partial charge in [0.2, 0.25) is 0 Å². The number of hydrogen-bond acceptors (Lipinski definition) is 6. The number of thioether (sulfide) groups is 2. The second-order valence-electron chi connectivity index (χ2n) is 16.1. The molecule has 0 aliphatic rings. The maximum atomic E-state index is 13.4. The van der Waals surface area contributed by atoms with E-state index in [1.807, 2.05) is 0 Å². The van der Waals surface area contributed by atoms with Crippen LogP contribution in [0, 0.1) is 0 Å². The summed E-state index contributed by atoms with van der Waals surface area (Å²) in [5.74, 6) is 2.58. The van der Waals surface area contributed by atoms with E-state index in [-0.39, 0.29) is 11.9 Å². The van der Waals surface area contributed by atoms with Crippen LogP contribution in [-0.2, 0) is 15.7 Å². The van der Waals surface area contributed by atoms with Gasteiger partial charge in [0.1, 0.15) is 0 Å². The molecule has 0 saturated carbocycles. The molecule has 0 bridgehead atoms. The summed E-state index contributed by atoms with van der Waals surface area (Å²) in [6.45, 7) is 9.07. The Morgan fingerprint density at radius 3 is 0.830 bits per heavy atom. The molecule has 0 fully saturated rings. The van der Waals surface area contributed by atoms with Crippen molar-refractivity contribution in [1.82, 2.24) is 0 Å². The second-order valence-corrected chi connectivity index (χ2v) is 27.5. The van der Waals surface area contributed by atoms with Crippen molar-refractivity contribution in [2.24, 2.45) is 0 Å². The van der Waals surface area contributed by atoms with Gasteiger partial charge in [0.05, 0.1) is 0 Å². The van der Waals surface area contributed by atoms with Crippen LogP contribution in [0.4, 0.5) is 0 Å². The predicted octanol–water partition coefficient (Wildman–Crippen LogP) is 16.3. The third kappa shape index (κ3) is 39.1. The zero-order valence-corrected chi connectivity index (χ0v) is 40.7. The Hall–Kier alpha value is 0.439. The molecule has 0 aliphatic heterocycles. The summed E-state index contributed by atoms with van der Waals surface area (Å²) in [5, 5.41) is 0. The molecule has 0 N–H and O–H groups in total. The maximum absolute atomic E-state index is 13.4. The van der Waals surface area contributed by atoms with Gasteiger partial charge in [-0.05, 0) is 0 Å². The molecule has 0 aliphatic carbocycles. The van der Waals surface area contributed by atoms with Crippen LogP contribution in [0.1, 0.15) is 246 Å². The SMILES string of the molecule is CCCCCCCCCCCCCSCC(=O)[O][Sn]([CH2]CCCCCCC)([CH2]CCCCCCC)[O]C(=O)CSCCCCCCCCCCCCC. The molecular weight excluding hydrogens is 799 g/mol. The van der Waals surface area contributed by atoms with Gasteiger partial charge >= 0.3 is 283 Å². The van der Waals surface area contributed by atoms with Crippen molar-refractivity contribution in [2.75, 3.05) is 23.0 Å². The Labute approximate surface area is 346 Å². The fourth-order valence-corrected chi connectivity index (χ4v) is 18.7. The van der Waals surface area contributed by atoms with Gasteiger partial charge in [-0.2, -0.15) is 0 Å². The van der Waals surface area contributed by atoms with E-state index < -0.39 is 19.2 Å². The minimum atomic E-state index is -3.96. The first-order valence-corrected chi connectivity index (χ1v) is 32.3. The zero-order valence-electron chi connectivity index (χ0n) is 36.2. The first-order chi connectivity index (χ1) is 26.0. The van der Waals surface area contributed by atoms with Crippen molar-refractivity contribution in [3.05, 3.63) is 0 Å². The molecule has 0 rings (SSSR count). The van der Waals surface area contributed by atoms with E-state index in [0.717, 1.165) is 46.1 Å². The van der Waals surface area contributed by atoms with Gasteiger partial charge in [-0.15, -0.1) is 0 Å². The monoisotopic (exact) mass is 893 g/mol. The molecule has 4 nitrogen and oxygen atoms in total. The van der Waals surface area contributed by atoms with Gasteiger partial charge in [0.15, 0.2) is 0 Å². The van der Waals surface area contributed by atoms with Crippen molar-refractivity contribution >= 4 is 54.7 Å². The minimum Gasteiger partial charge on any atom is -0.0654 e. The van der Waals surface area contributed by atoms with Crippen LogP contribution < -0.4 is 0 Å². The fraction of sp³-hybridized carbons (Fsp3) is 0.957. The summed E-state index contributed by atoms with van der Waals surface area (Å²) in [6, 6.07) is 0. The summed E-state index contributed by atoms with van der Waals surface area (Å²) >= 11 is -0.516. The van der Waals surface area contributed by atoms with Crippen LogP contribution >= 0.6 is 23.5 Å². The molecule has 0 atom stereocenters. The molecule has 0 heterocycles. The topological polar surface area (TPSA) is 52.6 Å². The van der Waals surface area contributed by atoms with Gasteiger partial charge in [-0.25, -0.2) is 0 Å². The average Bonchev–Trinajstić information content (AvgIpc) is 3.15. The fourth-order valence-electron chi connectivity index (χ4n) is 7.22. The Morgan fingerprint density at radius 1 is 0.340 bits per heavy atom. The van der Waals surface area contributed by atoms with Crippen LogP contribution in [0.25, 0.3) is 0 Å². The third-order valence-electron chi connectivity index (χ3n) is 10.6. The van der Waals surface area contributed by atoms with E-state index in [9.17, 15) is 9.59 Å². The smallest absolute Gasteiger partial charge is 0.0654 e. The van der Waals surface area contributed by atoms with Crippen molar-refractivity contribution in [3.63, 3.8) is 0 Å². The first-order valence-electron chi connectivity index (χ1n) is 23.6. The third-order valence-corrected chi connectivity index (χ3v) is 22.5. The summed E-state index contributed by atoms with van der Waals surface area (Å²) in [7, 11) is 0. The summed E-state index contributed by atoms with van der Waals surface area (Å²) < 4.78 is 14.6. The predicted molar refractivity (Wildman–Crippen MR) is 242 cm³/mol. The van der Waals surface area contributed by atoms with E-state index in [0.29, 0.717) is 11.5 Å². The zero-order chi connectivity index (χ0) is 38.8. The quantitative estimate of drug-likeness (QED) is 0.0449. The second kappa shape index (κ2) is 43.6. The Balaban J connectivity index is 4.85. The molecule has 53 heavy (non-hydrogen) atoms. The van der Waals surface area contributed by atoms with Gasteiger partial charge in [-0.3, -0.25) is 0 Å². The van der Waals surface area contributed by atoms with E-state index >= 15 is 0 Å². The number of carbonyl (C=O) groups excluding carboxylic acids is 2. The minimum absolute atomic E-state index is 0.118. The molecule has 0 aromatic rings. The number of carbonyl (C=O) groups is 2. The molecule has 0 radical (unpaired) electrons. The van der Waals surface area contributed by atoms with Crippen molar-refractivity contribution in [3.8, 4) is 0 Å². The van der Waals surface area contributed by atoms with Crippen molar-refractivity contribution in [1.29, 1.82) is 0 Å². The summed E-state index contributed by atoms with van der Waals surface area (Å²) in [5.41, 5.74) is 0. The van der Waals surface area contributed by atoms with Crippen LogP contribution in [0.15, 0.2) is 0 Å².